The minimum atomic E-state index is 0.0111. The molecule has 1 amide bonds. The number of rotatable bonds is 4. The largest absolute Gasteiger partial charge is 0.349 e. The molecule has 0 bridgehead atoms. The Morgan fingerprint density at radius 3 is 2.62 bits per heavy atom. The lowest BCUT2D eigenvalue weighted by Gasteiger charge is -2.14. The van der Waals surface area contributed by atoms with Crippen LogP contribution in [0.1, 0.15) is 23.3 Å². The van der Waals surface area contributed by atoms with Gasteiger partial charge in [-0.2, -0.15) is 0 Å². The Morgan fingerprint density at radius 1 is 1.08 bits per heavy atom. The van der Waals surface area contributed by atoms with Crippen molar-refractivity contribution in [3.05, 3.63) is 36.0 Å². The number of nitrogens with zero attached hydrogens (tertiary/aromatic N) is 3. The van der Waals surface area contributed by atoms with Gasteiger partial charge < -0.3 is 19.4 Å². The molecule has 0 radical (unpaired) electrons. The fourth-order valence-corrected chi connectivity index (χ4v) is 3.90. The van der Waals surface area contributed by atoms with Crippen LogP contribution < -0.4 is 5.32 Å². The Balaban J connectivity index is 1.58. The molecule has 0 aliphatic carbocycles. The summed E-state index contributed by atoms with van der Waals surface area (Å²) in [4.78, 5) is 15.0. The minimum Gasteiger partial charge on any atom is -0.349 e. The van der Waals surface area contributed by atoms with E-state index in [4.69, 9.17) is 0 Å². The normalized spacial score (nSPS) is 15.6. The van der Waals surface area contributed by atoms with Crippen LogP contribution in [0.4, 0.5) is 0 Å². The monoisotopic (exact) mass is 324 g/mol. The molecule has 0 unspecified atom stereocenters. The van der Waals surface area contributed by atoms with Crippen molar-refractivity contribution in [1.29, 1.82) is 0 Å². The van der Waals surface area contributed by atoms with Crippen molar-refractivity contribution in [2.75, 3.05) is 26.2 Å². The van der Waals surface area contributed by atoms with E-state index in [0.717, 1.165) is 36.4 Å². The molecule has 3 heterocycles. The van der Waals surface area contributed by atoms with Gasteiger partial charge in [0.1, 0.15) is 5.69 Å². The third kappa shape index (κ3) is 2.40. The maximum atomic E-state index is 12.6. The number of para-hydroxylation sites is 1. The third-order valence-corrected chi connectivity index (χ3v) is 5.24. The van der Waals surface area contributed by atoms with Crippen molar-refractivity contribution in [1.82, 2.24) is 19.4 Å². The first-order valence-corrected chi connectivity index (χ1v) is 8.70. The molecule has 3 aromatic rings. The molecule has 0 spiro atoms. The topological polar surface area (TPSA) is 42.2 Å². The van der Waals surface area contributed by atoms with Gasteiger partial charge in [0.05, 0.1) is 16.6 Å². The number of likely N-dealkylation sites (tertiary alicyclic amines) is 1. The van der Waals surface area contributed by atoms with E-state index in [0.29, 0.717) is 6.54 Å². The predicted molar refractivity (Wildman–Crippen MR) is 97.4 cm³/mol. The molecule has 1 saturated heterocycles. The van der Waals surface area contributed by atoms with Gasteiger partial charge in [0.25, 0.3) is 5.91 Å². The predicted octanol–water partition coefficient (Wildman–Crippen LogP) is 2.50. The fraction of sp³-hybridized carbons (Fsp3) is 0.421. The van der Waals surface area contributed by atoms with Crippen LogP contribution in [-0.2, 0) is 14.1 Å². The van der Waals surface area contributed by atoms with Crippen LogP contribution in [0.15, 0.2) is 30.3 Å². The number of carbonyl (C=O) groups excluding carboxylic acids is 1. The smallest absolute Gasteiger partial charge is 0.268 e. The van der Waals surface area contributed by atoms with Crippen molar-refractivity contribution in [2.24, 2.45) is 14.1 Å². The van der Waals surface area contributed by atoms with Gasteiger partial charge in [-0.05, 0) is 38.1 Å². The molecule has 0 atom stereocenters. The Bertz CT molecular complexity index is 899. The zero-order valence-corrected chi connectivity index (χ0v) is 14.4. The van der Waals surface area contributed by atoms with Gasteiger partial charge in [0.2, 0.25) is 0 Å². The van der Waals surface area contributed by atoms with Gasteiger partial charge in [-0.25, -0.2) is 0 Å². The Hall–Kier alpha value is -2.27. The summed E-state index contributed by atoms with van der Waals surface area (Å²) in [5.41, 5.74) is 4.14. The molecule has 0 saturated carbocycles. The van der Waals surface area contributed by atoms with Gasteiger partial charge in [0, 0.05) is 32.6 Å². The highest BCUT2D eigenvalue weighted by molar-refractivity contribution is 6.10. The number of nitrogens with one attached hydrogen (secondary N) is 1. The molecule has 5 heteroatoms. The highest BCUT2D eigenvalue weighted by Gasteiger charge is 2.19. The molecule has 1 aliphatic rings. The van der Waals surface area contributed by atoms with Crippen molar-refractivity contribution >= 4 is 27.8 Å². The van der Waals surface area contributed by atoms with Crippen molar-refractivity contribution in [3.63, 3.8) is 0 Å². The molecule has 1 N–H and O–H groups in total. The highest BCUT2D eigenvalue weighted by atomic mass is 16.1. The van der Waals surface area contributed by atoms with Crippen LogP contribution in [0.25, 0.3) is 21.9 Å². The number of aryl methyl sites for hydroxylation is 2. The first-order valence-electron chi connectivity index (χ1n) is 8.70. The molecule has 2 aromatic heterocycles. The molecule has 1 aliphatic heterocycles. The van der Waals surface area contributed by atoms with Gasteiger partial charge in [-0.1, -0.05) is 18.2 Å². The first kappa shape index (κ1) is 15.3. The molecule has 1 aromatic carbocycles. The second-order valence-electron chi connectivity index (χ2n) is 6.70. The standard InChI is InChI=1S/C19H24N4O/c1-21-15-8-4-3-7-14(15)18-16(21)13-17(22(18)2)19(24)20-9-12-23-10-5-6-11-23/h3-4,7-8,13H,5-6,9-12H2,1-2H3,(H,20,24). The summed E-state index contributed by atoms with van der Waals surface area (Å²) < 4.78 is 4.18. The van der Waals surface area contributed by atoms with Crippen molar-refractivity contribution in [3.8, 4) is 0 Å². The molecule has 5 nitrogen and oxygen atoms in total. The van der Waals surface area contributed by atoms with Crippen LogP contribution in [0.5, 0.6) is 0 Å². The van der Waals surface area contributed by atoms with E-state index >= 15 is 0 Å². The Labute approximate surface area is 141 Å². The van der Waals surface area contributed by atoms with Crippen LogP contribution >= 0.6 is 0 Å². The van der Waals surface area contributed by atoms with E-state index in [-0.39, 0.29) is 5.91 Å². The number of hydrogen-bond acceptors (Lipinski definition) is 2. The summed E-state index contributed by atoms with van der Waals surface area (Å²) in [6, 6.07) is 10.3. The third-order valence-electron chi connectivity index (χ3n) is 5.24. The molecule has 24 heavy (non-hydrogen) atoms. The highest BCUT2D eigenvalue weighted by Crippen LogP contribution is 2.30. The van der Waals surface area contributed by atoms with Crippen molar-refractivity contribution in [2.45, 2.75) is 12.8 Å². The molecule has 126 valence electrons. The Kier molecular flexibility index (Phi) is 3.81. The van der Waals surface area contributed by atoms with E-state index in [2.05, 4.69) is 34.0 Å². The van der Waals surface area contributed by atoms with Gasteiger partial charge in [-0.3, -0.25) is 4.79 Å². The average Bonchev–Trinajstić information content (AvgIpc) is 3.27. The summed E-state index contributed by atoms with van der Waals surface area (Å²) in [6.45, 7) is 3.98. The van der Waals surface area contributed by atoms with Crippen LogP contribution in [-0.4, -0.2) is 46.1 Å². The SMILES string of the molecule is Cn1c(C(=O)NCCN2CCCC2)cc2c1c1ccccc1n2C. The molecular formula is C19H24N4O. The summed E-state index contributed by atoms with van der Waals surface area (Å²) in [5, 5.41) is 4.26. The summed E-state index contributed by atoms with van der Waals surface area (Å²) in [6.07, 6.45) is 2.56. The van der Waals surface area contributed by atoms with Gasteiger partial charge in [-0.15, -0.1) is 0 Å². The number of amides is 1. The number of carbonyl (C=O) groups is 1. The zero-order chi connectivity index (χ0) is 16.7. The van der Waals surface area contributed by atoms with E-state index in [1.165, 1.54) is 23.7 Å². The number of fused-ring (bicyclic) bond motifs is 3. The maximum Gasteiger partial charge on any atom is 0.268 e. The van der Waals surface area contributed by atoms with E-state index < -0.39 is 0 Å². The van der Waals surface area contributed by atoms with Crippen LogP contribution in [0.3, 0.4) is 0 Å². The van der Waals surface area contributed by atoms with Crippen molar-refractivity contribution < 1.29 is 4.79 Å². The molecule has 1 fully saturated rings. The van der Waals surface area contributed by atoms with Gasteiger partial charge >= 0.3 is 0 Å². The minimum absolute atomic E-state index is 0.0111. The quantitative estimate of drug-likeness (QED) is 0.801. The first-order chi connectivity index (χ1) is 11.7. The number of benzene rings is 1. The lowest BCUT2D eigenvalue weighted by Crippen LogP contribution is -2.34. The lowest BCUT2D eigenvalue weighted by atomic mass is 10.2. The lowest BCUT2D eigenvalue weighted by molar-refractivity contribution is 0.0942. The van der Waals surface area contributed by atoms with E-state index in [1.807, 2.05) is 29.8 Å². The maximum absolute atomic E-state index is 12.6. The fourth-order valence-electron chi connectivity index (χ4n) is 3.90. The van der Waals surface area contributed by atoms with Crippen LogP contribution in [0.2, 0.25) is 0 Å². The Morgan fingerprint density at radius 2 is 1.83 bits per heavy atom. The van der Waals surface area contributed by atoms with E-state index in [1.54, 1.807) is 0 Å². The summed E-state index contributed by atoms with van der Waals surface area (Å²) in [5.74, 6) is 0.0111. The summed E-state index contributed by atoms with van der Waals surface area (Å²) >= 11 is 0. The van der Waals surface area contributed by atoms with Crippen LogP contribution in [0, 0.1) is 0 Å². The van der Waals surface area contributed by atoms with E-state index in [9.17, 15) is 4.79 Å². The molecule has 4 rings (SSSR count). The number of aromatic nitrogens is 2. The second-order valence-corrected chi connectivity index (χ2v) is 6.70. The second kappa shape index (κ2) is 5.98. The average molecular weight is 324 g/mol. The summed E-state index contributed by atoms with van der Waals surface area (Å²) in [7, 11) is 4.03. The zero-order valence-electron chi connectivity index (χ0n) is 14.4. The number of hydrogen-bond donors (Lipinski definition) is 1. The molecular weight excluding hydrogens is 300 g/mol. The van der Waals surface area contributed by atoms with Gasteiger partial charge in [0.15, 0.2) is 0 Å².